The maximum Gasteiger partial charge on any atom is 0.0956 e. The fraction of sp³-hybridized carbons (Fsp3) is 1.00. The standard InChI is InChI=1S/C7H13NO.C2H6/c1-7-2-6(7)3-8(4-7)5-9;1-2/h6,9H,2-5H2,1H3;1-2H3. The van der Waals surface area contributed by atoms with Crippen molar-refractivity contribution in [3.8, 4) is 0 Å². The number of aliphatic hydroxyl groups is 1. The van der Waals surface area contributed by atoms with Crippen molar-refractivity contribution in [2.45, 2.75) is 27.2 Å². The van der Waals surface area contributed by atoms with Gasteiger partial charge in [0.2, 0.25) is 0 Å². The van der Waals surface area contributed by atoms with Gasteiger partial charge >= 0.3 is 0 Å². The summed E-state index contributed by atoms with van der Waals surface area (Å²) < 4.78 is 0. The molecule has 1 saturated carbocycles. The van der Waals surface area contributed by atoms with Gasteiger partial charge in [0.05, 0.1) is 6.73 Å². The molecule has 1 aliphatic heterocycles. The van der Waals surface area contributed by atoms with Crippen molar-refractivity contribution in [1.29, 1.82) is 0 Å². The first-order chi connectivity index (χ1) is 5.24. The summed E-state index contributed by atoms with van der Waals surface area (Å²) in [4.78, 5) is 2.12. The number of aliphatic hydroxyl groups excluding tert-OH is 1. The van der Waals surface area contributed by atoms with Gasteiger partial charge in [-0.3, -0.25) is 4.90 Å². The molecule has 0 aromatic carbocycles. The molecule has 0 amide bonds. The van der Waals surface area contributed by atoms with E-state index < -0.39 is 0 Å². The summed E-state index contributed by atoms with van der Waals surface area (Å²) in [5, 5.41) is 8.74. The maximum atomic E-state index is 8.74. The molecule has 2 atom stereocenters. The first kappa shape index (κ1) is 9.01. The lowest BCUT2D eigenvalue weighted by molar-refractivity contribution is 0.114. The predicted octanol–water partition coefficient (Wildman–Crippen LogP) is 1.30. The molecule has 66 valence electrons. The summed E-state index contributed by atoms with van der Waals surface area (Å²) in [6, 6.07) is 0. The Morgan fingerprint density at radius 1 is 1.55 bits per heavy atom. The van der Waals surface area contributed by atoms with Crippen LogP contribution in [-0.2, 0) is 0 Å². The van der Waals surface area contributed by atoms with Crippen LogP contribution in [0.15, 0.2) is 0 Å². The van der Waals surface area contributed by atoms with E-state index in [1.54, 1.807) is 0 Å². The molecule has 2 rings (SSSR count). The van der Waals surface area contributed by atoms with Gasteiger partial charge in [-0.05, 0) is 17.8 Å². The topological polar surface area (TPSA) is 23.5 Å². The first-order valence-corrected chi connectivity index (χ1v) is 4.58. The van der Waals surface area contributed by atoms with Crippen LogP contribution in [0.5, 0.6) is 0 Å². The molecule has 1 N–H and O–H groups in total. The van der Waals surface area contributed by atoms with Gasteiger partial charge in [-0.2, -0.15) is 0 Å². The highest BCUT2D eigenvalue weighted by Gasteiger charge is 2.55. The fourth-order valence-corrected chi connectivity index (χ4v) is 1.98. The van der Waals surface area contributed by atoms with E-state index >= 15 is 0 Å². The molecule has 0 radical (unpaired) electrons. The second-order valence-corrected chi connectivity index (χ2v) is 3.71. The summed E-state index contributed by atoms with van der Waals surface area (Å²) >= 11 is 0. The van der Waals surface area contributed by atoms with Crippen LogP contribution in [0.1, 0.15) is 27.2 Å². The van der Waals surface area contributed by atoms with E-state index in [0.717, 1.165) is 19.0 Å². The maximum absolute atomic E-state index is 8.74. The van der Waals surface area contributed by atoms with Gasteiger partial charge in [0.15, 0.2) is 0 Å². The monoisotopic (exact) mass is 157 g/mol. The van der Waals surface area contributed by atoms with Crippen molar-refractivity contribution >= 4 is 0 Å². The molecule has 0 aromatic heterocycles. The van der Waals surface area contributed by atoms with Crippen LogP contribution >= 0.6 is 0 Å². The zero-order valence-electron chi connectivity index (χ0n) is 7.80. The molecular formula is C9H19NO. The minimum atomic E-state index is 0.256. The Kier molecular flexibility index (Phi) is 2.55. The summed E-state index contributed by atoms with van der Waals surface area (Å²) in [5.74, 6) is 0.907. The molecule has 1 saturated heterocycles. The van der Waals surface area contributed by atoms with E-state index in [4.69, 9.17) is 5.11 Å². The van der Waals surface area contributed by atoms with Crippen molar-refractivity contribution in [2.24, 2.45) is 11.3 Å². The van der Waals surface area contributed by atoms with Crippen molar-refractivity contribution < 1.29 is 5.11 Å². The third-order valence-corrected chi connectivity index (χ3v) is 2.80. The summed E-state index contributed by atoms with van der Waals surface area (Å²) in [6.45, 7) is 8.82. The van der Waals surface area contributed by atoms with Gasteiger partial charge in [0.1, 0.15) is 0 Å². The zero-order valence-corrected chi connectivity index (χ0v) is 7.80. The van der Waals surface area contributed by atoms with Crippen molar-refractivity contribution in [3.63, 3.8) is 0 Å². The minimum Gasteiger partial charge on any atom is -0.381 e. The van der Waals surface area contributed by atoms with Gasteiger partial charge in [-0.1, -0.05) is 20.8 Å². The second-order valence-electron chi connectivity index (χ2n) is 3.71. The molecule has 2 heteroatoms. The molecule has 1 heterocycles. The summed E-state index contributed by atoms with van der Waals surface area (Å²) in [5.41, 5.74) is 0.600. The van der Waals surface area contributed by atoms with Crippen LogP contribution in [0.4, 0.5) is 0 Å². The predicted molar refractivity (Wildman–Crippen MR) is 46.2 cm³/mol. The van der Waals surface area contributed by atoms with E-state index in [0.29, 0.717) is 5.41 Å². The molecule has 0 spiro atoms. The number of hydrogen-bond donors (Lipinski definition) is 1. The Morgan fingerprint density at radius 3 is 2.45 bits per heavy atom. The quantitative estimate of drug-likeness (QED) is 0.620. The van der Waals surface area contributed by atoms with Crippen LogP contribution in [0.25, 0.3) is 0 Å². The molecule has 2 aliphatic rings. The Bertz CT molecular complexity index is 138. The van der Waals surface area contributed by atoms with E-state index in [1.807, 2.05) is 13.8 Å². The molecule has 2 unspecified atom stereocenters. The third-order valence-electron chi connectivity index (χ3n) is 2.80. The van der Waals surface area contributed by atoms with Crippen molar-refractivity contribution in [2.75, 3.05) is 19.8 Å². The normalized spacial score (nSPS) is 40.9. The molecule has 11 heavy (non-hydrogen) atoms. The number of hydrogen-bond acceptors (Lipinski definition) is 2. The summed E-state index contributed by atoms with van der Waals surface area (Å²) in [7, 11) is 0. The number of fused-ring (bicyclic) bond motifs is 1. The molecule has 0 aromatic rings. The molecular weight excluding hydrogens is 138 g/mol. The van der Waals surface area contributed by atoms with Crippen LogP contribution < -0.4 is 0 Å². The number of rotatable bonds is 1. The average molecular weight is 157 g/mol. The number of nitrogens with zero attached hydrogens (tertiary/aromatic N) is 1. The highest BCUT2D eigenvalue weighted by Crippen LogP contribution is 2.56. The fourth-order valence-electron chi connectivity index (χ4n) is 1.98. The van der Waals surface area contributed by atoms with Gasteiger partial charge < -0.3 is 5.11 Å². The van der Waals surface area contributed by atoms with Gasteiger partial charge in [0.25, 0.3) is 0 Å². The SMILES string of the molecule is CC.CC12CC1CN(CO)C2. The second kappa shape index (κ2) is 3.11. The lowest BCUT2D eigenvalue weighted by Crippen LogP contribution is -2.24. The summed E-state index contributed by atoms with van der Waals surface area (Å²) in [6.07, 6.45) is 1.39. The van der Waals surface area contributed by atoms with Gasteiger partial charge in [-0.25, -0.2) is 0 Å². The van der Waals surface area contributed by atoms with E-state index in [9.17, 15) is 0 Å². The minimum absolute atomic E-state index is 0.256. The smallest absolute Gasteiger partial charge is 0.0956 e. The highest BCUT2D eigenvalue weighted by atomic mass is 16.3. The van der Waals surface area contributed by atoms with E-state index in [-0.39, 0.29) is 6.73 Å². The zero-order chi connectivity index (χ0) is 8.48. The third kappa shape index (κ3) is 1.57. The number of likely N-dealkylation sites (tertiary alicyclic amines) is 1. The lowest BCUT2D eigenvalue weighted by atomic mass is 10.1. The Labute approximate surface area is 69.2 Å². The Morgan fingerprint density at radius 2 is 2.18 bits per heavy atom. The van der Waals surface area contributed by atoms with Crippen molar-refractivity contribution in [1.82, 2.24) is 4.90 Å². The van der Waals surface area contributed by atoms with Crippen LogP contribution in [0.2, 0.25) is 0 Å². The number of piperidine rings is 1. The molecule has 2 fully saturated rings. The largest absolute Gasteiger partial charge is 0.381 e. The first-order valence-electron chi connectivity index (χ1n) is 4.58. The van der Waals surface area contributed by atoms with Crippen LogP contribution in [-0.4, -0.2) is 29.8 Å². The molecule has 2 nitrogen and oxygen atoms in total. The average Bonchev–Trinajstić information content (AvgIpc) is 2.55. The van der Waals surface area contributed by atoms with Gasteiger partial charge in [0, 0.05) is 13.1 Å². The highest BCUT2D eigenvalue weighted by molar-refractivity contribution is 5.06. The Balaban J connectivity index is 0.000000281. The van der Waals surface area contributed by atoms with E-state index in [2.05, 4.69) is 11.8 Å². The van der Waals surface area contributed by atoms with Crippen LogP contribution in [0.3, 0.4) is 0 Å². The van der Waals surface area contributed by atoms with E-state index in [1.165, 1.54) is 6.42 Å². The molecule has 0 bridgehead atoms. The van der Waals surface area contributed by atoms with Gasteiger partial charge in [-0.15, -0.1) is 0 Å². The lowest BCUT2D eigenvalue weighted by Gasteiger charge is -2.14. The van der Waals surface area contributed by atoms with Crippen LogP contribution in [0, 0.1) is 11.3 Å². The van der Waals surface area contributed by atoms with Crippen molar-refractivity contribution in [3.05, 3.63) is 0 Å². The Hall–Kier alpha value is -0.0800. The molecule has 1 aliphatic carbocycles.